The third-order valence-electron chi connectivity index (χ3n) is 2.38. The molecular weight excluding hydrogens is 222 g/mol. The summed E-state index contributed by atoms with van der Waals surface area (Å²) < 4.78 is 0. The smallest absolute Gasteiger partial charge is 0.150 e. The highest BCUT2D eigenvalue weighted by Gasteiger charge is 1.99. The van der Waals surface area contributed by atoms with E-state index < -0.39 is 0 Å². The van der Waals surface area contributed by atoms with Crippen LogP contribution in [0.25, 0.3) is 0 Å². The molecule has 0 atom stereocenters. The standard InChI is InChI=1S/C12H12ClN3/c1-8-3-4-10(5-9(8)2)15-12-7-14-6-11(13)16-12/h3-7H,1-2H3,(H,15,16). The Bertz CT molecular complexity index is 511. The highest BCUT2D eigenvalue weighted by atomic mass is 35.5. The average Bonchev–Trinajstić information content (AvgIpc) is 2.24. The van der Waals surface area contributed by atoms with Crippen LogP contribution in [0, 0.1) is 13.8 Å². The molecule has 82 valence electrons. The van der Waals surface area contributed by atoms with Crippen LogP contribution < -0.4 is 5.32 Å². The molecule has 1 aromatic heterocycles. The van der Waals surface area contributed by atoms with Gasteiger partial charge in [0.15, 0.2) is 5.82 Å². The maximum atomic E-state index is 5.75. The van der Waals surface area contributed by atoms with Gasteiger partial charge in [0.05, 0.1) is 12.4 Å². The summed E-state index contributed by atoms with van der Waals surface area (Å²) in [5, 5.41) is 3.54. The van der Waals surface area contributed by atoms with E-state index in [2.05, 4.69) is 41.3 Å². The quantitative estimate of drug-likeness (QED) is 0.863. The number of nitrogens with zero attached hydrogens (tertiary/aromatic N) is 2. The van der Waals surface area contributed by atoms with E-state index in [9.17, 15) is 0 Å². The van der Waals surface area contributed by atoms with Crippen LogP contribution in [0.5, 0.6) is 0 Å². The van der Waals surface area contributed by atoms with Crippen LogP contribution in [0.2, 0.25) is 5.15 Å². The van der Waals surface area contributed by atoms with Crippen molar-refractivity contribution in [1.29, 1.82) is 0 Å². The normalized spacial score (nSPS) is 10.2. The number of rotatable bonds is 2. The largest absolute Gasteiger partial charge is 0.339 e. The highest BCUT2D eigenvalue weighted by molar-refractivity contribution is 6.29. The number of anilines is 2. The second-order valence-corrected chi connectivity index (χ2v) is 4.04. The molecule has 0 aliphatic carbocycles. The molecule has 2 aromatic rings. The van der Waals surface area contributed by atoms with Gasteiger partial charge in [-0.1, -0.05) is 17.7 Å². The van der Waals surface area contributed by atoms with Crippen molar-refractivity contribution in [1.82, 2.24) is 9.97 Å². The lowest BCUT2D eigenvalue weighted by molar-refractivity contribution is 1.20. The molecule has 1 aromatic carbocycles. The second kappa shape index (κ2) is 4.49. The SMILES string of the molecule is Cc1ccc(Nc2cncc(Cl)n2)cc1C. The van der Waals surface area contributed by atoms with Crippen molar-refractivity contribution in [2.75, 3.05) is 5.32 Å². The molecule has 3 nitrogen and oxygen atoms in total. The summed E-state index contributed by atoms with van der Waals surface area (Å²) in [7, 11) is 0. The van der Waals surface area contributed by atoms with Gasteiger partial charge in [-0.25, -0.2) is 4.98 Å². The van der Waals surface area contributed by atoms with Crippen LogP contribution in [-0.2, 0) is 0 Å². The van der Waals surface area contributed by atoms with Crippen LogP contribution in [0.3, 0.4) is 0 Å². The lowest BCUT2D eigenvalue weighted by atomic mass is 10.1. The highest BCUT2D eigenvalue weighted by Crippen LogP contribution is 2.18. The monoisotopic (exact) mass is 233 g/mol. The molecule has 1 heterocycles. The van der Waals surface area contributed by atoms with E-state index in [1.165, 1.54) is 17.3 Å². The van der Waals surface area contributed by atoms with Gasteiger partial charge in [-0.3, -0.25) is 4.98 Å². The average molecular weight is 234 g/mol. The van der Waals surface area contributed by atoms with Crippen LogP contribution in [0.15, 0.2) is 30.6 Å². The Morgan fingerprint density at radius 2 is 1.94 bits per heavy atom. The van der Waals surface area contributed by atoms with Crippen LogP contribution >= 0.6 is 11.6 Å². The van der Waals surface area contributed by atoms with E-state index in [4.69, 9.17) is 11.6 Å². The Labute approximate surface area is 99.5 Å². The topological polar surface area (TPSA) is 37.8 Å². The van der Waals surface area contributed by atoms with Gasteiger partial charge in [-0.15, -0.1) is 0 Å². The molecule has 0 spiro atoms. The Morgan fingerprint density at radius 1 is 1.12 bits per heavy atom. The molecule has 0 aliphatic rings. The van der Waals surface area contributed by atoms with Crippen molar-refractivity contribution >= 4 is 23.1 Å². The Morgan fingerprint density at radius 3 is 2.62 bits per heavy atom. The van der Waals surface area contributed by atoms with Gasteiger partial charge in [-0.05, 0) is 37.1 Å². The summed E-state index contributed by atoms with van der Waals surface area (Å²) in [6.45, 7) is 4.16. The van der Waals surface area contributed by atoms with Crippen LogP contribution in [0.1, 0.15) is 11.1 Å². The fraction of sp³-hybridized carbons (Fsp3) is 0.167. The van der Waals surface area contributed by atoms with Crippen molar-refractivity contribution < 1.29 is 0 Å². The van der Waals surface area contributed by atoms with Crippen LogP contribution in [-0.4, -0.2) is 9.97 Å². The lowest BCUT2D eigenvalue weighted by Gasteiger charge is -2.07. The maximum Gasteiger partial charge on any atom is 0.150 e. The molecule has 1 N–H and O–H groups in total. The molecule has 0 amide bonds. The molecule has 16 heavy (non-hydrogen) atoms. The summed E-state index contributed by atoms with van der Waals surface area (Å²) in [6.07, 6.45) is 3.15. The van der Waals surface area contributed by atoms with Gasteiger partial charge in [0.25, 0.3) is 0 Å². The Balaban J connectivity index is 2.24. The molecule has 2 rings (SSSR count). The molecule has 0 bridgehead atoms. The van der Waals surface area contributed by atoms with Crippen molar-refractivity contribution in [3.05, 3.63) is 46.9 Å². The predicted molar refractivity (Wildman–Crippen MR) is 66.2 cm³/mol. The number of hydrogen-bond donors (Lipinski definition) is 1. The number of aryl methyl sites for hydroxylation is 2. The molecule has 0 saturated carbocycles. The summed E-state index contributed by atoms with van der Waals surface area (Å²) in [5.74, 6) is 0.649. The second-order valence-electron chi connectivity index (χ2n) is 3.65. The zero-order chi connectivity index (χ0) is 11.5. The third kappa shape index (κ3) is 2.49. The van der Waals surface area contributed by atoms with Crippen molar-refractivity contribution in [2.24, 2.45) is 0 Å². The van der Waals surface area contributed by atoms with Crippen molar-refractivity contribution in [3.8, 4) is 0 Å². The van der Waals surface area contributed by atoms with Gasteiger partial charge in [-0.2, -0.15) is 0 Å². The van der Waals surface area contributed by atoms with Gasteiger partial charge in [0.2, 0.25) is 0 Å². The summed E-state index contributed by atoms with van der Waals surface area (Å²) >= 11 is 5.75. The molecular formula is C12H12ClN3. The minimum absolute atomic E-state index is 0.383. The fourth-order valence-electron chi connectivity index (χ4n) is 1.37. The number of nitrogens with one attached hydrogen (secondary N) is 1. The van der Waals surface area contributed by atoms with Crippen molar-refractivity contribution in [3.63, 3.8) is 0 Å². The first-order valence-corrected chi connectivity index (χ1v) is 5.35. The first-order chi connectivity index (χ1) is 7.65. The number of aromatic nitrogens is 2. The van der Waals surface area contributed by atoms with Gasteiger partial charge in [0, 0.05) is 5.69 Å². The van der Waals surface area contributed by atoms with Gasteiger partial charge >= 0.3 is 0 Å². The number of halogens is 1. The Kier molecular flexibility index (Phi) is 3.06. The first kappa shape index (κ1) is 10.9. The molecule has 4 heteroatoms. The van der Waals surface area contributed by atoms with E-state index in [1.807, 2.05) is 6.07 Å². The molecule has 0 radical (unpaired) electrons. The third-order valence-corrected chi connectivity index (χ3v) is 2.57. The van der Waals surface area contributed by atoms with E-state index in [-0.39, 0.29) is 0 Å². The molecule has 0 saturated heterocycles. The first-order valence-electron chi connectivity index (χ1n) is 4.97. The molecule has 0 unspecified atom stereocenters. The van der Waals surface area contributed by atoms with Crippen molar-refractivity contribution in [2.45, 2.75) is 13.8 Å². The fourth-order valence-corrected chi connectivity index (χ4v) is 1.52. The molecule has 0 aliphatic heterocycles. The maximum absolute atomic E-state index is 5.75. The summed E-state index contributed by atoms with van der Waals surface area (Å²) in [4.78, 5) is 8.08. The van der Waals surface area contributed by atoms with Gasteiger partial charge < -0.3 is 5.32 Å². The van der Waals surface area contributed by atoms with E-state index in [0.29, 0.717) is 11.0 Å². The summed E-state index contributed by atoms with van der Waals surface area (Å²) in [5.41, 5.74) is 3.49. The molecule has 0 fully saturated rings. The zero-order valence-corrected chi connectivity index (χ0v) is 9.92. The Hall–Kier alpha value is -1.61. The van der Waals surface area contributed by atoms with E-state index in [1.54, 1.807) is 6.20 Å². The predicted octanol–water partition coefficient (Wildman–Crippen LogP) is 3.49. The minimum atomic E-state index is 0.383. The number of hydrogen-bond acceptors (Lipinski definition) is 3. The van der Waals surface area contributed by atoms with Crippen LogP contribution in [0.4, 0.5) is 11.5 Å². The summed E-state index contributed by atoms with van der Waals surface area (Å²) in [6, 6.07) is 6.14. The van der Waals surface area contributed by atoms with E-state index in [0.717, 1.165) is 5.69 Å². The van der Waals surface area contributed by atoms with Gasteiger partial charge in [0.1, 0.15) is 5.15 Å². The number of benzene rings is 1. The minimum Gasteiger partial charge on any atom is -0.339 e. The lowest BCUT2D eigenvalue weighted by Crippen LogP contribution is -1.95. The zero-order valence-electron chi connectivity index (χ0n) is 9.16. The van der Waals surface area contributed by atoms with E-state index >= 15 is 0 Å².